The number of benzene rings is 1. The summed E-state index contributed by atoms with van der Waals surface area (Å²) in [5.41, 5.74) is 5.39. The van der Waals surface area contributed by atoms with E-state index in [4.69, 9.17) is 4.74 Å². The summed E-state index contributed by atoms with van der Waals surface area (Å²) in [4.78, 5) is 4.34. The van der Waals surface area contributed by atoms with Crippen LogP contribution in [-0.2, 0) is 4.74 Å². The maximum atomic E-state index is 10.2. The Bertz CT molecular complexity index is 1260. The van der Waals surface area contributed by atoms with Crippen molar-refractivity contribution < 1.29 is 9.94 Å². The number of hydrogen-bond acceptors (Lipinski definition) is 4. The SMILES string of the molecule is CN(O)[C@@H]1CCC2=CC3=CC[C@]4(C)C(c5ccc6ccncc6c5)=CC[C@H]4[C@@]34CCC2(C1)O4. The van der Waals surface area contributed by atoms with E-state index in [2.05, 4.69) is 54.4 Å². The highest BCUT2D eigenvalue weighted by Gasteiger charge is 2.65. The second kappa shape index (κ2) is 6.65. The third-order valence-corrected chi connectivity index (χ3v) is 9.72. The molecule has 0 amide bonds. The van der Waals surface area contributed by atoms with Gasteiger partial charge in [-0.25, -0.2) is 0 Å². The fourth-order valence-corrected chi connectivity index (χ4v) is 7.98. The Morgan fingerprint density at radius 3 is 2.94 bits per heavy atom. The number of fused-ring (bicyclic) bond motifs is 2. The molecule has 2 aromatic rings. The summed E-state index contributed by atoms with van der Waals surface area (Å²) in [5.74, 6) is 0.453. The van der Waals surface area contributed by atoms with Crippen LogP contribution in [0.3, 0.4) is 0 Å². The van der Waals surface area contributed by atoms with Crippen LogP contribution < -0.4 is 0 Å². The Morgan fingerprint density at radius 2 is 2.06 bits per heavy atom. The van der Waals surface area contributed by atoms with Gasteiger partial charge in [0.2, 0.25) is 0 Å². The van der Waals surface area contributed by atoms with Crippen LogP contribution in [0.1, 0.15) is 57.4 Å². The number of pyridine rings is 1. The summed E-state index contributed by atoms with van der Waals surface area (Å²) in [6.45, 7) is 2.46. The van der Waals surface area contributed by atoms with E-state index < -0.39 is 0 Å². The molecule has 0 radical (unpaired) electrons. The van der Waals surface area contributed by atoms with Gasteiger partial charge in [-0.3, -0.25) is 4.98 Å². The van der Waals surface area contributed by atoms with E-state index in [9.17, 15) is 5.21 Å². The number of hydroxylamine groups is 2. The van der Waals surface area contributed by atoms with Crippen LogP contribution in [0.5, 0.6) is 0 Å². The average Bonchev–Trinajstić information content (AvgIpc) is 3.33. The van der Waals surface area contributed by atoms with Crippen LogP contribution in [0.2, 0.25) is 0 Å². The fourth-order valence-electron chi connectivity index (χ4n) is 7.98. The highest BCUT2D eigenvalue weighted by molar-refractivity contribution is 5.87. The van der Waals surface area contributed by atoms with Gasteiger partial charge in [-0.2, -0.15) is 5.06 Å². The summed E-state index contributed by atoms with van der Waals surface area (Å²) in [6, 6.07) is 9.10. The molecule has 2 spiro atoms. The van der Waals surface area contributed by atoms with Gasteiger partial charge in [0.1, 0.15) is 0 Å². The molecule has 1 aromatic carbocycles. The van der Waals surface area contributed by atoms with Gasteiger partial charge in [0.25, 0.3) is 0 Å². The van der Waals surface area contributed by atoms with Gasteiger partial charge >= 0.3 is 0 Å². The molecule has 1 saturated carbocycles. The molecule has 1 aromatic heterocycles. The molecule has 7 rings (SSSR count). The zero-order chi connectivity index (χ0) is 22.4. The fraction of sp³-hybridized carbons (Fsp3) is 0.483. The highest BCUT2D eigenvalue weighted by Crippen LogP contribution is 2.67. The number of rotatable bonds is 2. The van der Waals surface area contributed by atoms with E-state index in [0.29, 0.717) is 5.92 Å². The Balaban J connectivity index is 1.28. The molecule has 4 heteroatoms. The Labute approximate surface area is 195 Å². The van der Waals surface area contributed by atoms with Crippen molar-refractivity contribution in [2.45, 2.75) is 69.1 Å². The summed E-state index contributed by atoms with van der Waals surface area (Å²) in [7, 11) is 1.79. The Hall–Kier alpha value is -2.27. The standard InChI is InChI=1S/C29H32N2O2/c1-27-11-9-23-16-22-5-6-24(31(2)32)17-28(22)12-13-29(23,33-28)26(27)8-7-25(27)20-4-3-19-10-14-30-18-21(19)15-20/h3-4,7,9-10,14-16,18,24,26,32H,5-6,8,11-13,17H2,1-2H3/t24-,26-,27-,28?,29-/m1/s1. The molecule has 1 saturated heterocycles. The molecule has 2 fully saturated rings. The Morgan fingerprint density at radius 1 is 1.15 bits per heavy atom. The topological polar surface area (TPSA) is 45.6 Å². The number of ether oxygens (including phenoxy) is 1. The third-order valence-electron chi connectivity index (χ3n) is 9.72. The van der Waals surface area contributed by atoms with Gasteiger partial charge in [0.05, 0.1) is 11.2 Å². The van der Waals surface area contributed by atoms with Gasteiger partial charge in [0, 0.05) is 42.2 Å². The lowest BCUT2D eigenvalue weighted by Crippen LogP contribution is -2.54. The van der Waals surface area contributed by atoms with Gasteiger partial charge in [-0.1, -0.05) is 37.3 Å². The van der Waals surface area contributed by atoms with E-state index in [1.54, 1.807) is 7.05 Å². The molecular formula is C29H32N2O2. The largest absolute Gasteiger partial charge is 0.359 e. The molecule has 1 N–H and O–H groups in total. The number of nitrogens with zero attached hydrogens (tertiary/aromatic N) is 2. The minimum absolute atomic E-state index is 0.0676. The zero-order valence-corrected chi connectivity index (χ0v) is 19.6. The molecule has 4 nitrogen and oxygen atoms in total. The molecule has 33 heavy (non-hydrogen) atoms. The molecule has 3 aliphatic carbocycles. The molecule has 1 unspecified atom stereocenters. The third kappa shape index (κ3) is 2.60. The second-order valence-corrected chi connectivity index (χ2v) is 11.3. The van der Waals surface area contributed by atoms with Crippen LogP contribution in [0.4, 0.5) is 0 Å². The van der Waals surface area contributed by atoms with Gasteiger partial charge < -0.3 is 9.94 Å². The number of aromatic nitrogens is 1. The van der Waals surface area contributed by atoms with Crippen molar-refractivity contribution in [3.63, 3.8) is 0 Å². The molecule has 2 bridgehead atoms. The second-order valence-electron chi connectivity index (χ2n) is 11.3. The van der Waals surface area contributed by atoms with Crippen molar-refractivity contribution in [2.75, 3.05) is 7.05 Å². The number of hydrogen-bond donors (Lipinski definition) is 1. The molecule has 5 atom stereocenters. The van der Waals surface area contributed by atoms with Crippen molar-refractivity contribution in [1.29, 1.82) is 0 Å². The average molecular weight is 441 g/mol. The molecule has 170 valence electrons. The van der Waals surface area contributed by atoms with Crippen molar-refractivity contribution in [2.24, 2.45) is 11.3 Å². The van der Waals surface area contributed by atoms with Gasteiger partial charge in [-0.05, 0) is 84.7 Å². The predicted octanol–water partition coefficient (Wildman–Crippen LogP) is 6.08. The van der Waals surface area contributed by atoms with Gasteiger partial charge in [-0.15, -0.1) is 0 Å². The lowest BCUT2D eigenvalue weighted by atomic mass is 9.58. The zero-order valence-electron chi connectivity index (χ0n) is 19.6. The quantitative estimate of drug-likeness (QED) is 0.575. The molecule has 2 aliphatic heterocycles. The van der Waals surface area contributed by atoms with E-state index in [-0.39, 0.29) is 22.7 Å². The summed E-state index contributed by atoms with van der Waals surface area (Å²) >= 11 is 0. The first kappa shape index (κ1) is 20.1. The predicted molar refractivity (Wildman–Crippen MR) is 130 cm³/mol. The Kier molecular flexibility index (Phi) is 4.06. The highest BCUT2D eigenvalue weighted by atomic mass is 16.5. The van der Waals surface area contributed by atoms with Crippen molar-refractivity contribution in [1.82, 2.24) is 10.0 Å². The van der Waals surface area contributed by atoms with Crippen LogP contribution in [0.25, 0.3) is 16.3 Å². The summed E-state index contributed by atoms with van der Waals surface area (Å²) < 4.78 is 7.28. The lowest BCUT2D eigenvalue weighted by Gasteiger charge is -2.54. The molecule has 3 heterocycles. The van der Waals surface area contributed by atoms with Crippen LogP contribution >= 0.6 is 0 Å². The van der Waals surface area contributed by atoms with Crippen LogP contribution in [-0.4, -0.2) is 39.5 Å². The molecular weight excluding hydrogens is 408 g/mol. The monoisotopic (exact) mass is 440 g/mol. The minimum atomic E-state index is -0.191. The van der Waals surface area contributed by atoms with E-state index >= 15 is 0 Å². The maximum Gasteiger partial charge on any atom is 0.0980 e. The summed E-state index contributed by atoms with van der Waals surface area (Å²) in [5, 5.41) is 14.0. The minimum Gasteiger partial charge on any atom is -0.359 e. The van der Waals surface area contributed by atoms with E-state index in [1.165, 1.54) is 38.1 Å². The lowest BCUT2D eigenvalue weighted by molar-refractivity contribution is -0.165. The van der Waals surface area contributed by atoms with Gasteiger partial charge in [0.15, 0.2) is 0 Å². The molecule has 5 aliphatic rings. The van der Waals surface area contributed by atoms with Crippen LogP contribution in [0, 0.1) is 11.3 Å². The maximum absolute atomic E-state index is 10.2. The summed E-state index contributed by atoms with van der Waals surface area (Å²) in [6.07, 6.45) is 18.6. The normalized spacial score (nSPS) is 39.0. The van der Waals surface area contributed by atoms with Crippen LogP contribution in [0.15, 0.2) is 66.0 Å². The number of allylic oxidation sites excluding steroid dienone is 3. The first-order valence-corrected chi connectivity index (χ1v) is 12.5. The first-order valence-electron chi connectivity index (χ1n) is 12.5. The first-order chi connectivity index (χ1) is 15.9. The van der Waals surface area contributed by atoms with E-state index in [0.717, 1.165) is 44.9 Å². The smallest absolute Gasteiger partial charge is 0.0980 e. The van der Waals surface area contributed by atoms with Crippen molar-refractivity contribution in [3.8, 4) is 0 Å². The van der Waals surface area contributed by atoms with Crippen molar-refractivity contribution >= 4 is 16.3 Å². The van der Waals surface area contributed by atoms with E-state index in [1.807, 2.05) is 12.4 Å². The van der Waals surface area contributed by atoms with Crippen molar-refractivity contribution in [3.05, 3.63) is 71.6 Å².